The molecule has 0 saturated carbocycles. The predicted molar refractivity (Wildman–Crippen MR) is 249 cm³/mol. The van der Waals surface area contributed by atoms with Crippen LogP contribution in [0, 0.1) is 11.8 Å². The Bertz CT molecular complexity index is 2910. The van der Waals surface area contributed by atoms with Crippen molar-refractivity contribution in [1.82, 2.24) is 0 Å². The first-order chi connectivity index (χ1) is 31.4. The Labute approximate surface area is 374 Å². The van der Waals surface area contributed by atoms with Gasteiger partial charge in [0.05, 0.1) is 12.8 Å². The van der Waals surface area contributed by atoms with E-state index in [0.717, 1.165) is 75.8 Å². The molecule has 3 aliphatic carbocycles. The molecule has 2 aliphatic heterocycles. The summed E-state index contributed by atoms with van der Waals surface area (Å²) in [5.41, 5.74) is 10.3. The normalized spacial score (nSPS) is 25.0. The summed E-state index contributed by atoms with van der Waals surface area (Å²) in [6, 6.07) is 48.2. The van der Waals surface area contributed by atoms with Gasteiger partial charge in [0.2, 0.25) is 0 Å². The Hall–Kier alpha value is -6.92. The number of esters is 2. The summed E-state index contributed by atoms with van der Waals surface area (Å²) in [5, 5.41) is 13.4. The highest BCUT2D eigenvalue weighted by Gasteiger charge is 2.46. The van der Waals surface area contributed by atoms with Crippen LogP contribution in [-0.4, -0.2) is 23.1 Å². The number of benzene rings is 6. The summed E-state index contributed by atoms with van der Waals surface area (Å²) in [6.07, 6.45) is 11.6. The maximum Gasteiger partial charge on any atom is 0.312 e. The van der Waals surface area contributed by atoms with Gasteiger partial charge in [-0.3, -0.25) is 9.59 Å². The first-order valence-electron chi connectivity index (χ1n) is 22.8. The molecule has 7 atom stereocenters. The van der Waals surface area contributed by atoms with Crippen LogP contribution >= 0.6 is 0 Å². The molecule has 318 valence electrons. The Morgan fingerprint density at radius 1 is 0.734 bits per heavy atom. The molecule has 2 heterocycles. The highest BCUT2D eigenvalue weighted by Crippen LogP contribution is 2.52. The van der Waals surface area contributed by atoms with Crippen LogP contribution in [-0.2, 0) is 27.2 Å². The Balaban J connectivity index is 1.01. The van der Waals surface area contributed by atoms with Gasteiger partial charge in [0.15, 0.2) is 0 Å². The molecule has 0 amide bonds. The first kappa shape index (κ1) is 39.9. The van der Waals surface area contributed by atoms with Crippen molar-refractivity contribution in [2.75, 3.05) is 0 Å². The number of fused-ring (bicyclic) bond motifs is 5. The van der Waals surface area contributed by atoms with Crippen LogP contribution in [0.1, 0.15) is 95.2 Å². The monoisotopic (exact) mass is 842 g/mol. The summed E-state index contributed by atoms with van der Waals surface area (Å²) in [5.74, 6) is 1.89. The van der Waals surface area contributed by atoms with E-state index in [2.05, 4.69) is 104 Å². The van der Waals surface area contributed by atoms with Gasteiger partial charge in [-0.15, -0.1) is 0 Å². The minimum atomic E-state index is -0.253. The van der Waals surface area contributed by atoms with Crippen molar-refractivity contribution in [3.8, 4) is 11.5 Å². The fourth-order valence-electron chi connectivity index (χ4n) is 11.4. The zero-order valence-electron chi connectivity index (χ0n) is 35.9. The zero-order chi connectivity index (χ0) is 43.3. The SMILES string of the molecule is CC1CC=C2C(=C1Oc1cccc3cc4c(cc13)C(c1ccccc1)CC(=O)O4)C=CC(O)=CC2c1cccc2c1CCC1OC(=O)CC(c3ccccc3)C1C2Cc1ccccc1. The van der Waals surface area contributed by atoms with Crippen LogP contribution in [0.3, 0.4) is 0 Å². The van der Waals surface area contributed by atoms with Crippen LogP contribution in [0.2, 0.25) is 0 Å². The van der Waals surface area contributed by atoms with E-state index >= 15 is 0 Å². The van der Waals surface area contributed by atoms with Gasteiger partial charge in [-0.2, -0.15) is 0 Å². The van der Waals surface area contributed by atoms with E-state index in [9.17, 15) is 14.7 Å². The predicted octanol–water partition coefficient (Wildman–Crippen LogP) is 12.7. The maximum absolute atomic E-state index is 13.4. The Kier molecular flexibility index (Phi) is 10.4. The summed E-state index contributed by atoms with van der Waals surface area (Å²) < 4.78 is 19.3. The third-order valence-corrected chi connectivity index (χ3v) is 14.4. The van der Waals surface area contributed by atoms with Gasteiger partial charge in [0.1, 0.15) is 29.1 Å². The molecule has 1 N–H and O–H groups in total. The van der Waals surface area contributed by atoms with E-state index in [1.807, 2.05) is 60.7 Å². The molecule has 0 radical (unpaired) electrons. The van der Waals surface area contributed by atoms with Gasteiger partial charge in [-0.25, -0.2) is 0 Å². The van der Waals surface area contributed by atoms with Crippen molar-refractivity contribution in [1.29, 1.82) is 0 Å². The van der Waals surface area contributed by atoms with Crippen molar-refractivity contribution >= 4 is 22.7 Å². The van der Waals surface area contributed by atoms with Gasteiger partial charge in [0, 0.05) is 46.1 Å². The fraction of sp³-hybridized carbons (Fsp3) is 0.241. The first-order valence-corrected chi connectivity index (χ1v) is 22.8. The third kappa shape index (κ3) is 7.35. The van der Waals surface area contributed by atoms with E-state index in [4.69, 9.17) is 14.2 Å². The molecule has 6 aromatic carbocycles. The maximum atomic E-state index is 13.4. The summed E-state index contributed by atoms with van der Waals surface area (Å²) in [4.78, 5) is 26.2. The van der Waals surface area contributed by atoms with E-state index in [0.29, 0.717) is 12.2 Å². The number of hydrogen-bond acceptors (Lipinski definition) is 6. The molecule has 1 fully saturated rings. The van der Waals surface area contributed by atoms with Crippen molar-refractivity contribution in [2.24, 2.45) is 11.8 Å². The number of rotatable bonds is 7. The van der Waals surface area contributed by atoms with E-state index in [1.165, 1.54) is 22.3 Å². The lowest BCUT2D eigenvalue weighted by molar-refractivity contribution is -0.161. The van der Waals surface area contributed by atoms with Crippen molar-refractivity contribution < 1.29 is 28.9 Å². The molecule has 6 nitrogen and oxygen atoms in total. The molecule has 0 aromatic heterocycles. The van der Waals surface area contributed by atoms with E-state index < -0.39 is 0 Å². The second-order valence-electron chi connectivity index (χ2n) is 18.2. The molecular formula is C58H50O6. The van der Waals surface area contributed by atoms with E-state index in [-0.39, 0.29) is 65.7 Å². The third-order valence-electron chi connectivity index (χ3n) is 14.4. The molecular weight excluding hydrogens is 793 g/mol. The number of allylic oxidation sites excluding steroid dienone is 7. The lowest BCUT2D eigenvalue weighted by Gasteiger charge is -2.41. The van der Waals surface area contributed by atoms with Crippen LogP contribution in [0.25, 0.3) is 10.8 Å². The van der Waals surface area contributed by atoms with Crippen molar-refractivity contribution in [3.05, 3.63) is 225 Å². The minimum absolute atomic E-state index is 0.0254. The van der Waals surface area contributed by atoms with Gasteiger partial charge < -0.3 is 19.3 Å². The second-order valence-corrected chi connectivity index (χ2v) is 18.2. The van der Waals surface area contributed by atoms with Crippen molar-refractivity contribution in [3.63, 3.8) is 0 Å². The van der Waals surface area contributed by atoms with Crippen LogP contribution < -0.4 is 9.47 Å². The molecule has 5 aliphatic rings. The summed E-state index contributed by atoms with van der Waals surface area (Å²) in [6.45, 7) is 2.20. The van der Waals surface area contributed by atoms with Gasteiger partial charge >= 0.3 is 11.9 Å². The zero-order valence-corrected chi connectivity index (χ0v) is 35.9. The van der Waals surface area contributed by atoms with Gasteiger partial charge in [-0.1, -0.05) is 134 Å². The Morgan fingerprint density at radius 3 is 2.27 bits per heavy atom. The number of aliphatic hydroxyl groups is 1. The molecule has 1 saturated heterocycles. The lowest BCUT2D eigenvalue weighted by Crippen LogP contribution is -2.41. The smallest absolute Gasteiger partial charge is 0.312 e. The lowest BCUT2D eigenvalue weighted by atomic mass is 9.68. The van der Waals surface area contributed by atoms with Gasteiger partial charge in [-0.05, 0) is 112 Å². The number of aliphatic hydroxyl groups excluding tert-OH is 1. The van der Waals surface area contributed by atoms with Gasteiger partial charge in [0.25, 0.3) is 0 Å². The fourth-order valence-corrected chi connectivity index (χ4v) is 11.4. The number of ether oxygens (including phenoxy) is 3. The van der Waals surface area contributed by atoms with Crippen LogP contribution in [0.15, 0.2) is 186 Å². The summed E-state index contributed by atoms with van der Waals surface area (Å²) in [7, 11) is 0. The quantitative estimate of drug-likeness (QED) is 0.127. The second kappa shape index (κ2) is 16.7. The molecule has 11 rings (SSSR count). The number of hydrogen-bond donors (Lipinski definition) is 1. The number of carbonyl (C=O) groups is 2. The molecule has 7 unspecified atom stereocenters. The van der Waals surface area contributed by atoms with Crippen LogP contribution in [0.4, 0.5) is 0 Å². The van der Waals surface area contributed by atoms with Crippen LogP contribution in [0.5, 0.6) is 11.5 Å². The van der Waals surface area contributed by atoms with E-state index in [1.54, 1.807) is 6.08 Å². The highest BCUT2D eigenvalue weighted by atomic mass is 16.5. The largest absolute Gasteiger partial charge is 0.508 e. The average molecular weight is 843 g/mol. The summed E-state index contributed by atoms with van der Waals surface area (Å²) >= 11 is 0. The highest BCUT2D eigenvalue weighted by molar-refractivity contribution is 5.92. The van der Waals surface area contributed by atoms with Crippen molar-refractivity contribution in [2.45, 2.75) is 75.2 Å². The molecule has 0 spiro atoms. The topological polar surface area (TPSA) is 82.1 Å². The molecule has 64 heavy (non-hydrogen) atoms. The standard InChI is InChI=1S/C58H50O6/c1-35-23-25-44-45(58(35)64-52-22-11-19-39-30-54-50(32-47(39)52)46(33-55(60)63-54)37-15-7-3-8-16-37)26-24-40(59)31-49(44)41-20-12-21-42-43(41)27-28-53-57(51(42)29-36-13-5-2-6-14-36)48(34-56(61)62-53)38-17-9-4-10-18-38/h2-22,24-26,30-32,35,46,48-49,51,53,57,59H,23,27-29,33-34H2,1H3. The average Bonchev–Trinajstić information content (AvgIpc) is 3.59. The Morgan fingerprint density at radius 2 is 1.47 bits per heavy atom. The molecule has 0 bridgehead atoms. The minimum Gasteiger partial charge on any atom is -0.508 e. The molecule has 6 heteroatoms. The molecule has 6 aromatic rings. The number of carbonyl (C=O) groups excluding carboxylic acids is 2.